The molecule has 0 saturated carbocycles. The van der Waals surface area contributed by atoms with Gasteiger partial charge in [0.15, 0.2) is 0 Å². The van der Waals surface area contributed by atoms with E-state index in [0.29, 0.717) is 0 Å². The lowest BCUT2D eigenvalue weighted by molar-refractivity contribution is 1.17. The Kier molecular flexibility index (Phi) is 1.90. The summed E-state index contributed by atoms with van der Waals surface area (Å²) >= 11 is 0. The molecular weight excluding hydrogens is 148 g/mol. The molecule has 0 aliphatic carbocycles. The van der Waals surface area contributed by atoms with Crippen molar-refractivity contribution in [3.05, 3.63) is 60.5 Å². The molecule has 59 valence electrons. The molecule has 0 aliphatic heterocycles. The van der Waals surface area contributed by atoms with E-state index in [1.54, 1.807) is 6.20 Å². The van der Waals surface area contributed by atoms with Gasteiger partial charge in [-0.1, -0.05) is 30.3 Å². The fraction of sp³-hybridized carbons (Fsp3) is 0. The molecule has 1 radical (unpaired) electrons. The van der Waals surface area contributed by atoms with Gasteiger partial charge in [0.25, 0.3) is 0 Å². The third-order valence-corrected chi connectivity index (χ3v) is 1.62. The van der Waals surface area contributed by atoms with Gasteiger partial charge in [-0.05, 0) is 5.56 Å². The van der Waals surface area contributed by atoms with Crippen LogP contribution in [0.4, 0.5) is 0 Å². The Morgan fingerprint density at radius 3 is 2.67 bits per heavy atom. The van der Waals surface area contributed by atoms with E-state index < -0.39 is 0 Å². The highest BCUT2D eigenvalue weighted by atomic mass is 14.9. The Bertz CT molecular complexity index is 324. The van der Waals surface area contributed by atoms with Crippen molar-refractivity contribution in [3.63, 3.8) is 0 Å². The number of aromatic nitrogens is 2. The molecule has 2 aromatic rings. The van der Waals surface area contributed by atoms with Crippen molar-refractivity contribution >= 4 is 0 Å². The molecular formula is C10H9N2. The quantitative estimate of drug-likeness (QED) is 0.709. The fourth-order valence-corrected chi connectivity index (χ4v) is 1.06. The number of hydrogen-bond acceptors (Lipinski definition) is 1. The number of hydrogen-bond donors (Lipinski definition) is 1. The molecule has 2 heteroatoms. The number of imidazole rings is 1. The van der Waals surface area contributed by atoms with Crippen LogP contribution < -0.4 is 0 Å². The van der Waals surface area contributed by atoms with Crippen LogP contribution in [0.2, 0.25) is 0 Å². The predicted octanol–water partition coefficient (Wildman–Crippen LogP) is 2.01. The van der Waals surface area contributed by atoms with Crippen LogP contribution in [-0.2, 0) is 0 Å². The van der Waals surface area contributed by atoms with Crippen LogP contribution >= 0.6 is 0 Å². The maximum absolute atomic E-state index is 4.10. The van der Waals surface area contributed by atoms with Crippen molar-refractivity contribution in [1.82, 2.24) is 9.97 Å². The van der Waals surface area contributed by atoms with Crippen LogP contribution in [0.25, 0.3) is 0 Å². The first-order valence-corrected chi connectivity index (χ1v) is 3.84. The number of H-pyrrole nitrogens is 1. The molecule has 0 bridgehead atoms. The zero-order valence-electron chi connectivity index (χ0n) is 6.57. The number of rotatable bonds is 2. The Hall–Kier alpha value is -1.57. The molecule has 1 aromatic heterocycles. The lowest BCUT2D eigenvalue weighted by Gasteiger charge is -1.95. The first-order chi connectivity index (χ1) is 5.95. The van der Waals surface area contributed by atoms with E-state index in [-0.39, 0.29) is 0 Å². The van der Waals surface area contributed by atoms with E-state index in [4.69, 9.17) is 0 Å². The molecule has 0 saturated heterocycles. The fourth-order valence-electron chi connectivity index (χ4n) is 1.06. The SMILES string of the molecule is [CH](c1ccccc1)c1ncc[nH]1. The van der Waals surface area contributed by atoms with Gasteiger partial charge in [0.1, 0.15) is 5.82 Å². The Balaban J connectivity index is 2.15. The Morgan fingerprint density at radius 1 is 1.17 bits per heavy atom. The predicted molar refractivity (Wildman–Crippen MR) is 47.5 cm³/mol. The van der Waals surface area contributed by atoms with E-state index in [0.717, 1.165) is 11.4 Å². The highest BCUT2D eigenvalue weighted by Crippen LogP contribution is 2.06. The zero-order valence-corrected chi connectivity index (χ0v) is 6.57. The Labute approximate surface area is 71.3 Å². The smallest absolute Gasteiger partial charge is 0.114 e. The van der Waals surface area contributed by atoms with Gasteiger partial charge in [-0.15, -0.1) is 0 Å². The highest BCUT2D eigenvalue weighted by molar-refractivity contribution is 5.29. The standard InChI is InChI=1S/C10H9N2/c1-2-4-9(5-3-1)8-10-11-6-7-12-10/h1-8H,(H,11,12). The van der Waals surface area contributed by atoms with Crippen LogP contribution in [0.5, 0.6) is 0 Å². The van der Waals surface area contributed by atoms with Crippen molar-refractivity contribution in [2.45, 2.75) is 0 Å². The lowest BCUT2D eigenvalue weighted by Crippen LogP contribution is -1.85. The molecule has 0 unspecified atom stereocenters. The van der Waals surface area contributed by atoms with Gasteiger partial charge in [0, 0.05) is 12.4 Å². The normalized spacial score (nSPS) is 10.0. The molecule has 1 heterocycles. The maximum atomic E-state index is 4.10. The minimum Gasteiger partial charge on any atom is -0.348 e. The summed E-state index contributed by atoms with van der Waals surface area (Å²) in [6.07, 6.45) is 5.56. The molecule has 12 heavy (non-hydrogen) atoms. The summed E-state index contributed by atoms with van der Waals surface area (Å²) in [6, 6.07) is 10.1. The molecule has 0 aliphatic rings. The van der Waals surface area contributed by atoms with Crippen molar-refractivity contribution in [2.75, 3.05) is 0 Å². The highest BCUT2D eigenvalue weighted by Gasteiger charge is 1.95. The van der Waals surface area contributed by atoms with E-state index in [1.165, 1.54) is 0 Å². The molecule has 1 N–H and O–H groups in total. The van der Waals surface area contributed by atoms with Crippen LogP contribution in [0.3, 0.4) is 0 Å². The summed E-state index contributed by atoms with van der Waals surface area (Å²) in [7, 11) is 0. The number of aromatic amines is 1. The summed E-state index contributed by atoms with van der Waals surface area (Å²) in [5, 5.41) is 0. The molecule has 2 nitrogen and oxygen atoms in total. The van der Waals surface area contributed by atoms with Gasteiger partial charge < -0.3 is 4.98 Å². The maximum Gasteiger partial charge on any atom is 0.114 e. The van der Waals surface area contributed by atoms with Gasteiger partial charge in [-0.2, -0.15) is 0 Å². The zero-order chi connectivity index (χ0) is 8.23. The van der Waals surface area contributed by atoms with E-state index in [9.17, 15) is 0 Å². The lowest BCUT2D eigenvalue weighted by atomic mass is 10.1. The number of nitrogens with one attached hydrogen (secondary N) is 1. The Morgan fingerprint density at radius 2 is 2.00 bits per heavy atom. The van der Waals surface area contributed by atoms with E-state index >= 15 is 0 Å². The van der Waals surface area contributed by atoms with Crippen LogP contribution in [-0.4, -0.2) is 9.97 Å². The average Bonchev–Trinajstić information content (AvgIpc) is 2.59. The van der Waals surface area contributed by atoms with Crippen LogP contribution in [0.15, 0.2) is 42.7 Å². The second kappa shape index (κ2) is 3.22. The van der Waals surface area contributed by atoms with Gasteiger partial charge >= 0.3 is 0 Å². The topological polar surface area (TPSA) is 28.7 Å². The second-order valence-electron chi connectivity index (χ2n) is 2.53. The summed E-state index contributed by atoms with van der Waals surface area (Å²) in [4.78, 5) is 7.12. The van der Waals surface area contributed by atoms with E-state index in [1.807, 2.05) is 42.9 Å². The van der Waals surface area contributed by atoms with Gasteiger partial charge in [0.05, 0.1) is 6.42 Å². The monoisotopic (exact) mass is 157 g/mol. The summed E-state index contributed by atoms with van der Waals surface area (Å²) in [6.45, 7) is 0. The summed E-state index contributed by atoms with van der Waals surface area (Å²) in [5.41, 5.74) is 1.16. The van der Waals surface area contributed by atoms with Crippen molar-refractivity contribution < 1.29 is 0 Å². The van der Waals surface area contributed by atoms with Gasteiger partial charge in [-0.3, -0.25) is 0 Å². The first kappa shape index (κ1) is 7.10. The van der Waals surface area contributed by atoms with Gasteiger partial charge in [-0.25, -0.2) is 4.98 Å². The number of benzene rings is 1. The molecule has 0 amide bonds. The third kappa shape index (κ3) is 1.53. The molecule has 0 fully saturated rings. The molecule has 1 aromatic carbocycles. The van der Waals surface area contributed by atoms with Gasteiger partial charge in [0.2, 0.25) is 0 Å². The van der Waals surface area contributed by atoms with Crippen molar-refractivity contribution in [1.29, 1.82) is 0 Å². The largest absolute Gasteiger partial charge is 0.348 e. The minimum absolute atomic E-state index is 0.890. The molecule has 0 atom stereocenters. The van der Waals surface area contributed by atoms with Crippen molar-refractivity contribution in [2.24, 2.45) is 0 Å². The molecule has 0 spiro atoms. The molecule has 2 rings (SSSR count). The first-order valence-electron chi connectivity index (χ1n) is 3.84. The summed E-state index contributed by atoms with van der Waals surface area (Å²) in [5.74, 6) is 0.890. The second-order valence-corrected chi connectivity index (χ2v) is 2.53. The minimum atomic E-state index is 0.890. The average molecular weight is 157 g/mol. The van der Waals surface area contributed by atoms with Crippen LogP contribution in [0, 0.1) is 6.42 Å². The summed E-state index contributed by atoms with van der Waals surface area (Å²) < 4.78 is 0. The van der Waals surface area contributed by atoms with Crippen molar-refractivity contribution in [3.8, 4) is 0 Å². The van der Waals surface area contributed by atoms with Crippen LogP contribution in [0.1, 0.15) is 11.4 Å². The van der Waals surface area contributed by atoms with E-state index in [2.05, 4.69) is 9.97 Å². The third-order valence-electron chi connectivity index (χ3n) is 1.62. The number of nitrogens with zero attached hydrogens (tertiary/aromatic N) is 1.